The molecular formula is C46H68F2O5. The summed E-state index contributed by atoms with van der Waals surface area (Å²) in [6, 6.07) is 11.4. The summed E-state index contributed by atoms with van der Waals surface area (Å²) in [5.41, 5.74) is 3.51. The van der Waals surface area contributed by atoms with Crippen LogP contribution in [0.15, 0.2) is 36.4 Å². The van der Waals surface area contributed by atoms with Crippen molar-refractivity contribution in [2.75, 3.05) is 39.6 Å². The lowest BCUT2D eigenvalue weighted by Gasteiger charge is -2.37. The molecule has 0 atom stereocenters. The van der Waals surface area contributed by atoms with Crippen LogP contribution in [0.1, 0.15) is 126 Å². The van der Waals surface area contributed by atoms with E-state index in [1.54, 1.807) is 12.1 Å². The first kappa shape index (κ1) is 40.8. The predicted octanol–water partition coefficient (Wildman–Crippen LogP) is 10.8. The summed E-state index contributed by atoms with van der Waals surface area (Å²) in [4.78, 5) is 0. The molecule has 0 spiro atoms. The summed E-state index contributed by atoms with van der Waals surface area (Å²) in [5, 5.41) is 0. The highest BCUT2D eigenvalue weighted by Gasteiger charge is 2.33. The molecule has 2 saturated carbocycles. The van der Waals surface area contributed by atoms with Crippen LogP contribution in [-0.4, -0.2) is 52.2 Å². The van der Waals surface area contributed by atoms with Crippen molar-refractivity contribution in [1.29, 1.82) is 0 Å². The lowest BCUT2D eigenvalue weighted by atomic mass is 9.79. The van der Waals surface area contributed by atoms with E-state index in [4.69, 9.17) is 23.7 Å². The van der Waals surface area contributed by atoms with Gasteiger partial charge in [-0.3, -0.25) is 0 Å². The molecule has 0 aromatic heterocycles. The van der Waals surface area contributed by atoms with Crippen LogP contribution in [-0.2, 0) is 49.4 Å². The number of hydrogen-bond donors (Lipinski definition) is 0. The molecule has 2 aliphatic heterocycles. The average Bonchev–Trinajstić information content (AvgIpc) is 3.19. The van der Waals surface area contributed by atoms with Crippen molar-refractivity contribution in [3.8, 4) is 0 Å². The standard InChI is InChI=1S/C46H68F2O5/c1-3-5-37-29-50-45(51-30-37)41-19-11-33(12-20-41)7-9-35-15-17-39(43(47)27-35)23-25-49-26-24-40-18-16-36(28-44(40)48)10-8-34-13-21-42(22-14-34)46-52-31-38(6-4-2)32-53-46/h15-18,27-28,33-34,37-38,41-42,45-46H,3-14,19-26,29-32H2,1-2H3. The maximum Gasteiger partial charge on any atom is 0.160 e. The molecule has 2 saturated heterocycles. The molecular weight excluding hydrogens is 670 g/mol. The maximum absolute atomic E-state index is 15.0. The van der Waals surface area contributed by atoms with Gasteiger partial charge in [0.05, 0.1) is 39.6 Å². The van der Waals surface area contributed by atoms with Gasteiger partial charge in [-0.1, -0.05) is 51.0 Å². The molecule has 2 aliphatic carbocycles. The minimum Gasteiger partial charge on any atom is -0.381 e. The molecule has 0 N–H and O–H groups in total. The van der Waals surface area contributed by atoms with Gasteiger partial charge in [0.1, 0.15) is 11.6 Å². The third-order valence-corrected chi connectivity index (χ3v) is 12.9. The van der Waals surface area contributed by atoms with Crippen molar-refractivity contribution < 1.29 is 32.5 Å². The van der Waals surface area contributed by atoms with E-state index in [9.17, 15) is 8.78 Å². The van der Waals surface area contributed by atoms with Gasteiger partial charge in [-0.25, -0.2) is 8.78 Å². The number of ether oxygens (including phenoxy) is 5. The summed E-state index contributed by atoms with van der Waals surface area (Å²) in [6.07, 6.45) is 19.2. The first-order valence-corrected chi connectivity index (χ1v) is 21.6. The fourth-order valence-electron chi connectivity index (χ4n) is 9.41. The zero-order valence-corrected chi connectivity index (χ0v) is 32.9. The molecule has 0 unspecified atom stereocenters. The minimum atomic E-state index is -0.148. The Balaban J connectivity index is 0.814. The minimum absolute atomic E-state index is 0.0179. The maximum atomic E-state index is 15.0. The first-order valence-electron chi connectivity index (χ1n) is 21.6. The van der Waals surface area contributed by atoms with Gasteiger partial charge in [-0.2, -0.15) is 0 Å². The van der Waals surface area contributed by atoms with Crippen LogP contribution in [0.25, 0.3) is 0 Å². The van der Waals surface area contributed by atoms with Crippen molar-refractivity contribution in [2.45, 2.75) is 142 Å². The highest BCUT2D eigenvalue weighted by molar-refractivity contribution is 5.26. The molecule has 6 rings (SSSR count). The van der Waals surface area contributed by atoms with Gasteiger partial charge in [-0.15, -0.1) is 0 Å². The molecule has 2 aromatic carbocycles. The monoisotopic (exact) mass is 739 g/mol. The van der Waals surface area contributed by atoms with Gasteiger partial charge in [0.2, 0.25) is 0 Å². The first-order chi connectivity index (χ1) is 26.0. The summed E-state index contributed by atoms with van der Waals surface area (Å²) in [6.45, 7) is 8.66. The van der Waals surface area contributed by atoms with Gasteiger partial charge >= 0.3 is 0 Å². The summed E-state index contributed by atoms with van der Waals surface area (Å²) in [7, 11) is 0. The van der Waals surface area contributed by atoms with Gasteiger partial charge in [0.15, 0.2) is 12.6 Å². The molecule has 0 amide bonds. The van der Waals surface area contributed by atoms with Gasteiger partial charge < -0.3 is 23.7 Å². The smallest absolute Gasteiger partial charge is 0.160 e. The van der Waals surface area contributed by atoms with E-state index in [1.807, 2.05) is 12.1 Å². The number of benzene rings is 2. The van der Waals surface area contributed by atoms with Crippen molar-refractivity contribution in [2.24, 2.45) is 35.5 Å². The molecule has 2 aromatic rings. The summed E-state index contributed by atoms with van der Waals surface area (Å²) >= 11 is 0. The second-order valence-electron chi connectivity index (χ2n) is 17.0. The molecule has 7 heteroatoms. The largest absolute Gasteiger partial charge is 0.381 e. The second kappa shape index (κ2) is 21.4. The Morgan fingerprint density at radius 2 is 0.906 bits per heavy atom. The van der Waals surface area contributed by atoms with Gasteiger partial charge in [0, 0.05) is 23.7 Å². The fraction of sp³-hybridized carbons (Fsp3) is 0.739. The fourth-order valence-corrected chi connectivity index (χ4v) is 9.41. The molecule has 4 fully saturated rings. The van der Waals surface area contributed by atoms with Gasteiger partial charge in [0.25, 0.3) is 0 Å². The van der Waals surface area contributed by atoms with Crippen molar-refractivity contribution in [1.82, 2.24) is 0 Å². The van der Waals surface area contributed by atoms with Crippen molar-refractivity contribution >= 4 is 0 Å². The third kappa shape index (κ3) is 12.6. The quantitative estimate of drug-likeness (QED) is 0.143. The second-order valence-corrected chi connectivity index (χ2v) is 17.0. The third-order valence-electron chi connectivity index (χ3n) is 12.9. The van der Waals surface area contributed by atoms with Crippen LogP contribution < -0.4 is 0 Å². The van der Waals surface area contributed by atoms with Crippen LogP contribution in [0, 0.1) is 47.1 Å². The van der Waals surface area contributed by atoms with Crippen LogP contribution in [0.5, 0.6) is 0 Å². The van der Waals surface area contributed by atoms with E-state index in [0.717, 1.165) is 88.9 Å². The van der Waals surface area contributed by atoms with E-state index in [-0.39, 0.29) is 24.2 Å². The number of aryl methyl sites for hydroxylation is 2. The zero-order valence-electron chi connectivity index (χ0n) is 32.9. The molecule has 0 radical (unpaired) electrons. The highest BCUT2D eigenvalue weighted by atomic mass is 19.1. The summed E-state index contributed by atoms with van der Waals surface area (Å²) < 4.78 is 60.2. The Bertz CT molecular complexity index is 1240. The Morgan fingerprint density at radius 3 is 1.26 bits per heavy atom. The van der Waals surface area contributed by atoms with Crippen LogP contribution in [0.2, 0.25) is 0 Å². The van der Waals surface area contributed by atoms with Crippen molar-refractivity contribution in [3.63, 3.8) is 0 Å². The average molecular weight is 739 g/mol. The Kier molecular flexibility index (Phi) is 16.5. The number of rotatable bonds is 18. The molecule has 296 valence electrons. The van der Waals surface area contributed by atoms with E-state index < -0.39 is 0 Å². The van der Waals surface area contributed by atoms with E-state index in [1.165, 1.54) is 51.4 Å². The van der Waals surface area contributed by atoms with E-state index in [2.05, 4.69) is 26.0 Å². The predicted molar refractivity (Wildman–Crippen MR) is 207 cm³/mol. The SMILES string of the molecule is CCCC1COC(C2CCC(CCc3ccc(CCOCCc4ccc(CCC5CCC(C6OCC(CCC)CO6)CC5)cc4F)c(F)c3)CC2)OC1. The van der Waals surface area contributed by atoms with E-state index >= 15 is 0 Å². The number of hydrogen-bond acceptors (Lipinski definition) is 5. The van der Waals surface area contributed by atoms with Crippen LogP contribution in [0.3, 0.4) is 0 Å². The lowest BCUT2D eigenvalue weighted by molar-refractivity contribution is -0.230. The van der Waals surface area contributed by atoms with Crippen LogP contribution in [0.4, 0.5) is 8.78 Å². The molecule has 0 bridgehead atoms. The molecule has 4 aliphatic rings. The van der Waals surface area contributed by atoms with Crippen LogP contribution >= 0.6 is 0 Å². The summed E-state index contributed by atoms with van der Waals surface area (Å²) in [5.74, 6) is 3.22. The molecule has 53 heavy (non-hydrogen) atoms. The molecule has 2 heterocycles. The topological polar surface area (TPSA) is 46.2 Å². The molecule has 5 nitrogen and oxygen atoms in total. The number of halogens is 2. The Morgan fingerprint density at radius 1 is 0.509 bits per heavy atom. The van der Waals surface area contributed by atoms with E-state index in [0.29, 0.717) is 72.7 Å². The normalized spacial score (nSPS) is 29.7. The zero-order chi connectivity index (χ0) is 36.8. The Hall–Kier alpha value is -1.90. The highest BCUT2D eigenvalue weighted by Crippen LogP contribution is 2.38. The lowest BCUT2D eigenvalue weighted by Crippen LogP contribution is -2.38. The van der Waals surface area contributed by atoms with Crippen molar-refractivity contribution in [3.05, 3.63) is 70.3 Å². The van der Waals surface area contributed by atoms with Gasteiger partial charge in [-0.05, 0) is 149 Å². The Labute approximate surface area is 319 Å².